The zero-order valence-corrected chi connectivity index (χ0v) is 25.3. The summed E-state index contributed by atoms with van der Waals surface area (Å²) in [5, 5.41) is 21.3. The van der Waals surface area contributed by atoms with Crippen molar-refractivity contribution in [3.8, 4) is 40.2 Å². The highest BCUT2D eigenvalue weighted by Gasteiger charge is 2.23. The Hall–Kier alpha value is -5.24. The molecular weight excluding hydrogens is 604 g/mol. The third-order valence-corrected chi connectivity index (χ3v) is 8.68. The van der Waals surface area contributed by atoms with E-state index in [2.05, 4.69) is 10.8 Å². The van der Waals surface area contributed by atoms with Crippen LogP contribution in [-0.2, 0) is 10.0 Å². The molecule has 5 aromatic rings. The minimum Gasteiger partial charge on any atom is -0.493 e. The van der Waals surface area contributed by atoms with Crippen molar-refractivity contribution in [2.45, 2.75) is 11.8 Å². The highest BCUT2D eigenvalue weighted by molar-refractivity contribution is 7.92. The summed E-state index contributed by atoms with van der Waals surface area (Å²) in [4.78, 5) is 12.4. The van der Waals surface area contributed by atoms with Crippen LogP contribution in [0.4, 0.5) is 5.69 Å². The first-order valence-corrected chi connectivity index (χ1v) is 14.9. The van der Waals surface area contributed by atoms with E-state index in [4.69, 9.17) is 25.8 Å². The number of halogens is 1. The number of aryl methyl sites for hydroxylation is 1. The molecule has 44 heavy (non-hydrogen) atoms. The van der Waals surface area contributed by atoms with E-state index >= 15 is 0 Å². The molecule has 0 fully saturated rings. The van der Waals surface area contributed by atoms with Gasteiger partial charge in [0.15, 0.2) is 11.5 Å². The van der Waals surface area contributed by atoms with E-state index in [0.29, 0.717) is 16.3 Å². The highest BCUT2D eigenvalue weighted by atomic mass is 35.5. The molecular formula is C33H25ClN2O7S. The van der Waals surface area contributed by atoms with Crippen molar-refractivity contribution in [1.82, 2.24) is 0 Å². The Bertz CT molecular complexity index is 2090. The molecule has 0 spiro atoms. The molecule has 0 saturated carbocycles. The molecule has 9 nitrogen and oxygen atoms in total. The fourth-order valence-corrected chi connectivity index (χ4v) is 5.93. The summed E-state index contributed by atoms with van der Waals surface area (Å²) in [7, 11) is -1.25. The lowest BCUT2D eigenvalue weighted by molar-refractivity contribution is 0.0697. The van der Waals surface area contributed by atoms with E-state index in [1.807, 2.05) is 0 Å². The van der Waals surface area contributed by atoms with Gasteiger partial charge in [0.05, 0.1) is 36.3 Å². The maximum absolute atomic E-state index is 13.3. The zero-order chi connectivity index (χ0) is 31.6. The van der Waals surface area contributed by atoms with E-state index in [0.717, 1.165) is 16.3 Å². The first-order valence-electron chi connectivity index (χ1n) is 13.1. The molecule has 11 heteroatoms. The van der Waals surface area contributed by atoms with Crippen LogP contribution in [0.15, 0.2) is 89.8 Å². The molecule has 2 N–H and O–H groups in total. The van der Waals surface area contributed by atoms with Crippen LogP contribution in [0, 0.1) is 18.3 Å². The number of hydrogen-bond donors (Lipinski definition) is 2. The second-order valence-electron chi connectivity index (χ2n) is 9.72. The van der Waals surface area contributed by atoms with Crippen molar-refractivity contribution in [1.29, 1.82) is 5.26 Å². The summed E-state index contributed by atoms with van der Waals surface area (Å²) < 4.78 is 46.1. The Morgan fingerprint density at radius 1 is 0.841 bits per heavy atom. The van der Waals surface area contributed by atoms with Gasteiger partial charge in [0.1, 0.15) is 11.5 Å². The topological polar surface area (TPSA) is 135 Å². The number of aromatic carboxylic acids is 1. The van der Waals surface area contributed by atoms with Crippen LogP contribution < -0.4 is 18.9 Å². The number of methoxy groups -OCH3 is 2. The highest BCUT2D eigenvalue weighted by Crippen LogP contribution is 2.42. The predicted molar refractivity (Wildman–Crippen MR) is 168 cm³/mol. The van der Waals surface area contributed by atoms with Crippen LogP contribution >= 0.6 is 11.6 Å². The van der Waals surface area contributed by atoms with Crippen LogP contribution in [0.2, 0.25) is 5.02 Å². The van der Waals surface area contributed by atoms with E-state index < -0.39 is 16.0 Å². The number of carbonyl (C=O) groups is 1. The SMILES string of the molecule is COc1cc(C(=O)O)c(-c2cc(NS(=O)(=O)c3ccc(C)c(Cl)c3)ccc2Oc2ccc3cc(C#N)ccc3c2)cc1OC. The fourth-order valence-electron chi connectivity index (χ4n) is 4.61. The molecule has 0 heterocycles. The maximum atomic E-state index is 13.3. The van der Waals surface area contributed by atoms with E-state index in [-0.39, 0.29) is 44.5 Å². The standard InChI is InChI=1S/C33H25ClN2O7S/c1-19-4-10-25(15-29(19)34)44(39,40)36-23-8-11-30(43-24-9-7-21-12-20(18-35)5-6-22(21)13-24)27(14-23)26-16-31(41-2)32(42-3)17-28(26)33(37)38/h4-17,36H,1-3H3,(H,37,38). The predicted octanol–water partition coefficient (Wildman–Crippen LogP) is 7.65. The van der Waals surface area contributed by atoms with Crippen LogP contribution in [0.1, 0.15) is 21.5 Å². The van der Waals surface area contributed by atoms with Gasteiger partial charge in [-0.05, 0) is 90.0 Å². The van der Waals surface area contributed by atoms with Gasteiger partial charge in [-0.15, -0.1) is 0 Å². The monoisotopic (exact) mass is 628 g/mol. The van der Waals surface area contributed by atoms with Gasteiger partial charge in [-0.25, -0.2) is 13.2 Å². The lowest BCUT2D eigenvalue weighted by atomic mass is 9.97. The van der Waals surface area contributed by atoms with Crippen molar-refractivity contribution in [3.05, 3.63) is 107 Å². The lowest BCUT2D eigenvalue weighted by Gasteiger charge is -2.18. The molecule has 0 atom stereocenters. The molecule has 0 aromatic heterocycles. The third kappa shape index (κ3) is 6.10. The third-order valence-electron chi connectivity index (χ3n) is 6.90. The van der Waals surface area contributed by atoms with Crippen molar-refractivity contribution < 1.29 is 32.5 Å². The number of rotatable bonds is 9. The molecule has 5 aromatic carbocycles. The second kappa shape index (κ2) is 12.2. The molecule has 0 aliphatic carbocycles. The number of carboxylic acids is 1. The summed E-state index contributed by atoms with van der Waals surface area (Å²) in [6.45, 7) is 1.76. The Labute approximate surface area is 258 Å². The van der Waals surface area contributed by atoms with Crippen molar-refractivity contribution in [3.63, 3.8) is 0 Å². The number of anilines is 1. The first kappa shape index (κ1) is 30.2. The van der Waals surface area contributed by atoms with E-state index in [9.17, 15) is 23.6 Å². The average molecular weight is 629 g/mol. The van der Waals surface area contributed by atoms with Crippen LogP contribution in [0.25, 0.3) is 21.9 Å². The molecule has 0 bridgehead atoms. The van der Waals surface area contributed by atoms with Crippen LogP contribution in [-0.4, -0.2) is 33.7 Å². The van der Waals surface area contributed by atoms with Crippen molar-refractivity contribution in [2.24, 2.45) is 0 Å². The molecule has 0 unspecified atom stereocenters. The van der Waals surface area contributed by atoms with E-state index in [1.165, 1.54) is 50.6 Å². The van der Waals surface area contributed by atoms with Gasteiger partial charge in [-0.1, -0.05) is 29.8 Å². The summed E-state index contributed by atoms with van der Waals surface area (Å²) in [5.41, 5.74) is 1.74. The molecule has 0 amide bonds. The quantitative estimate of drug-likeness (QED) is 0.170. The van der Waals surface area contributed by atoms with E-state index in [1.54, 1.807) is 55.5 Å². The molecule has 0 radical (unpaired) electrons. The minimum absolute atomic E-state index is 0.0389. The molecule has 0 aliphatic rings. The Morgan fingerprint density at radius 2 is 1.55 bits per heavy atom. The number of sulfonamides is 1. The summed E-state index contributed by atoms with van der Waals surface area (Å²) in [5.74, 6) is -0.100. The Kier molecular flexibility index (Phi) is 8.36. The van der Waals surface area contributed by atoms with Gasteiger partial charge < -0.3 is 19.3 Å². The first-order chi connectivity index (χ1) is 21.0. The van der Waals surface area contributed by atoms with Crippen molar-refractivity contribution in [2.75, 3.05) is 18.9 Å². The molecule has 0 saturated heterocycles. The molecule has 222 valence electrons. The van der Waals surface area contributed by atoms with Crippen LogP contribution in [0.5, 0.6) is 23.0 Å². The largest absolute Gasteiger partial charge is 0.493 e. The lowest BCUT2D eigenvalue weighted by Crippen LogP contribution is -2.13. The van der Waals surface area contributed by atoms with Gasteiger partial charge in [-0.3, -0.25) is 4.72 Å². The van der Waals surface area contributed by atoms with Gasteiger partial charge in [0, 0.05) is 21.8 Å². The number of nitriles is 1. The number of hydrogen-bond acceptors (Lipinski definition) is 7. The Balaban J connectivity index is 1.65. The van der Waals surface area contributed by atoms with Crippen LogP contribution in [0.3, 0.4) is 0 Å². The van der Waals surface area contributed by atoms with Crippen molar-refractivity contribution >= 4 is 44.1 Å². The van der Waals surface area contributed by atoms with Gasteiger partial charge >= 0.3 is 5.97 Å². The fraction of sp³-hybridized carbons (Fsp3) is 0.0909. The normalized spacial score (nSPS) is 11.1. The van der Waals surface area contributed by atoms with Gasteiger partial charge in [0.25, 0.3) is 10.0 Å². The minimum atomic E-state index is -4.06. The maximum Gasteiger partial charge on any atom is 0.336 e. The number of ether oxygens (including phenoxy) is 3. The summed E-state index contributed by atoms with van der Waals surface area (Å²) >= 11 is 6.18. The van der Waals surface area contributed by atoms with Gasteiger partial charge in [-0.2, -0.15) is 5.26 Å². The summed E-state index contributed by atoms with van der Waals surface area (Å²) in [6.07, 6.45) is 0. The molecule has 0 aliphatic heterocycles. The zero-order valence-electron chi connectivity index (χ0n) is 23.7. The summed E-state index contributed by atoms with van der Waals surface area (Å²) in [6, 6.07) is 24.4. The second-order valence-corrected chi connectivity index (χ2v) is 11.8. The average Bonchev–Trinajstić information content (AvgIpc) is 3.01. The number of nitrogens with zero attached hydrogens (tertiary/aromatic N) is 1. The number of benzene rings is 5. The van der Waals surface area contributed by atoms with Gasteiger partial charge in [0.2, 0.25) is 0 Å². The number of carboxylic acid groups (broad SMARTS) is 1. The number of nitrogens with one attached hydrogen (secondary N) is 1. The number of fused-ring (bicyclic) bond motifs is 1. The smallest absolute Gasteiger partial charge is 0.336 e. The Morgan fingerprint density at radius 3 is 2.23 bits per heavy atom. The molecule has 5 rings (SSSR count).